The summed E-state index contributed by atoms with van der Waals surface area (Å²) >= 11 is 0. The minimum Gasteiger partial charge on any atom is -0.481 e. The molecule has 5 nitrogen and oxygen atoms in total. The molecule has 4 rings (SSSR count). The molecule has 2 N–H and O–H groups in total. The maximum absolute atomic E-state index is 13.8. The van der Waals surface area contributed by atoms with Crippen molar-refractivity contribution in [3.8, 4) is 0 Å². The Hall–Kier alpha value is -2.87. The molecule has 3 unspecified atom stereocenters. The largest absolute Gasteiger partial charge is 0.481 e. The highest BCUT2D eigenvalue weighted by Crippen LogP contribution is 2.41. The first-order chi connectivity index (χ1) is 16.8. The molecule has 1 saturated carbocycles. The number of nitrogens with one attached hydrogen (secondary N) is 1. The lowest BCUT2D eigenvalue weighted by atomic mass is 9.76. The standard InChI is InChI=1S/C27H31F3N2O3/c1-17(24(20-10-6-3-7-11-20)25-22(15-31-25)26(33)34)32-35-16-18-12-13-21(19-8-4-2-5-9-19)23(14-18)27(28,29)30/h3,6-7,10-14,19,22,24-25,31H,2,4-5,8-9,15-16H2,1H3,(H,33,34)/b32-17+. The van der Waals surface area contributed by atoms with Gasteiger partial charge >= 0.3 is 12.1 Å². The lowest BCUT2D eigenvalue weighted by Gasteiger charge is -2.40. The molecule has 35 heavy (non-hydrogen) atoms. The van der Waals surface area contributed by atoms with Gasteiger partial charge < -0.3 is 15.3 Å². The fourth-order valence-electron chi connectivity index (χ4n) is 5.31. The normalized spacial score (nSPS) is 22.3. The van der Waals surface area contributed by atoms with Crippen molar-refractivity contribution in [1.29, 1.82) is 0 Å². The summed E-state index contributed by atoms with van der Waals surface area (Å²) in [6, 6.07) is 13.6. The molecule has 1 saturated heterocycles. The number of benzene rings is 2. The fourth-order valence-corrected chi connectivity index (χ4v) is 5.31. The molecule has 0 spiro atoms. The van der Waals surface area contributed by atoms with E-state index in [0.29, 0.717) is 23.4 Å². The number of rotatable bonds is 8. The second-order valence-electron chi connectivity index (χ2n) is 9.53. The van der Waals surface area contributed by atoms with E-state index in [1.165, 1.54) is 6.07 Å². The molecular formula is C27H31F3N2O3. The molecule has 2 aromatic carbocycles. The van der Waals surface area contributed by atoms with Crippen molar-refractivity contribution in [3.05, 3.63) is 70.8 Å². The SMILES string of the molecule is C/C(=N\OCc1ccc(C2CCCCC2)c(C(F)(F)F)c1)C(c1ccccc1)C1NCC1C(=O)O. The molecule has 1 aliphatic heterocycles. The number of nitrogens with zero attached hydrogens (tertiary/aromatic N) is 1. The Morgan fingerprint density at radius 1 is 1.14 bits per heavy atom. The summed E-state index contributed by atoms with van der Waals surface area (Å²) in [5.74, 6) is -1.81. The zero-order valence-electron chi connectivity index (χ0n) is 19.7. The molecule has 2 fully saturated rings. The van der Waals surface area contributed by atoms with Gasteiger partial charge in [0.15, 0.2) is 0 Å². The number of hydrogen-bond donors (Lipinski definition) is 2. The Morgan fingerprint density at radius 2 is 1.86 bits per heavy atom. The maximum Gasteiger partial charge on any atom is 0.416 e. The summed E-state index contributed by atoms with van der Waals surface area (Å²) in [5, 5.41) is 16.9. The van der Waals surface area contributed by atoms with Crippen LogP contribution in [0, 0.1) is 5.92 Å². The average molecular weight is 489 g/mol. The van der Waals surface area contributed by atoms with Crippen molar-refractivity contribution < 1.29 is 27.9 Å². The summed E-state index contributed by atoms with van der Waals surface area (Å²) in [6.07, 6.45) is 0.145. The van der Waals surface area contributed by atoms with Gasteiger partial charge in [0.05, 0.1) is 17.2 Å². The first kappa shape index (κ1) is 25.2. The number of alkyl halides is 3. The third-order valence-electron chi connectivity index (χ3n) is 7.20. The number of hydrogen-bond acceptors (Lipinski definition) is 4. The molecule has 2 aliphatic rings. The van der Waals surface area contributed by atoms with Crippen LogP contribution < -0.4 is 5.32 Å². The van der Waals surface area contributed by atoms with Gasteiger partial charge in [0.1, 0.15) is 6.61 Å². The topological polar surface area (TPSA) is 70.9 Å². The van der Waals surface area contributed by atoms with E-state index in [-0.39, 0.29) is 24.5 Å². The number of aliphatic carboxylic acids is 1. The van der Waals surface area contributed by atoms with Gasteiger partial charge in [-0.2, -0.15) is 13.2 Å². The van der Waals surface area contributed by atoms with E-state index in [9.17, 15) is 23.1 Å². The van der Waals surface area contributed by atoms with Crippen LogP contribution in [0.3, 0.4) is 0 Å². The van der Waals surface area contributed by atoms with E-state index in [4.69, 9.17) is 4.84 Å². The summed E-state index contributed by atoms with van der Waals surface area (Å²) in [5.41, 5.74) is 1.65. The van der Waals surface area contributed by atoms with Crippen LogP contribution >= 0.6 is 0 Å². The van der Waals surface area contributed by atoms with Crippen molar-refractivity contribution in [1.82, 2.24) is 5.32 Å². The summed E-state index contributed by atoms with van der Waals surface area (Å²) < 4.78 is 41.5. The first-order valence-electron chi connectivity index (χ1n) is 12.1. The zero-order valence-corrected chi connectivity index (χ0v) is 19.7. The fraction of sp³-hybridized carbons (Fsp3) is 0.481. The summed E-state index contributed by atoms with van der Waals surface area (Å²) in [4.78, 5) is 17.1. The van der Waals surface area contributed by atoms with Crippen molar-refractivity contribution in [3.63, 3.8) is 0 Å². The van der Waals surface area contributed by atoms with Crippen LogP contribution in [-0.2, 0) is 22.4 Å². The third kappa shape index (κ3) is 5.86. The number of carbonyl (C=O) groups is 1. The monoisotopic (exact) mass is 488 g/mol. The Labute approximate surface area is 203 Å². The Bertz CT molecular complexity index is 1050. The van der Waals surface area contributed by atoms with E-state index >= 15 is 0 Å². The quantitative estimate of drug-likeness (QED) is 0.348. The van der Waals surface area contributed by atoms with E-state index in [0.717, 1.165) is 37.7 Å². The lowest BCUT2D eigenvalue weighted by Crippen LogP contribution is -2.60. The zero-order chi connectivity index (χ0) is 25.0. The molecule has 8 heteroatoms. The Morgan fingerprint density at radius 3 is 2.46 bits per heavy atom. The van der Waals surface area contributed by atoms with Gasteiger partial charge in [-0.25, -0.2) is 0 Å². The molecule has 0 aromatic heterocycles. The molecule has 1 aliphatic carbocycles. The van der Waals surface area contributed by atoms with Gasteiger partial charge in [0.2, 0.25) is 0 Å². The highest BCUT2D eigenvalue weighted by molar-refractivity contribution is 5.90. The van der Waals surface area contributed by atoms with Crippen molar-refractivity contribution in [2.24, 2.45) is 11.1 Å². The number of carboxylic acid groups (broad SMARTS) is 1. The van der Waals surface area contributed by atoms with Crippen molar-refractivity contribution in [2.75, 3.05) is 6.54 Å². The van der Waals surface area contributed by atoms with Gasteiger partial charge in [-0.1, -0.05) is 66.9 Å². The predicted octanol–water partition coefficient (Wildman–Crippen LogP) is 6.10. The molecular weight excluding hydrogens is 457 g/mol. The number of halogens is 3. The number of carboxylic acids is 1. The van der Waals surface area contributed by atoms with Crippen LogP contribution in [0.25, 0.3) is 0 Å². The minimum absolute atomic E-state index is 0.0561. The van der Waals surface area contributed by atoms with Gasteiger partial charge in [-0.05, 0) is 48.4 Å². The van der Waals surface area contributed by atoms with Crippen LogP contribution in [-0.4, -0.2) is 29.4 Å². The van der Waals surface area contributed by atoms with Crippen molar-refractivity contribution >= 4 is 11.7 Å². The predicted molar refractivity (Wildman–Crippen MR) is 127 cm³/mol. The third-order valence-corrected chi connectivity index (χ3v) is 7.20. The summed E-state index contributed by atoms with van der Waals surface area (Å²) in [6.45, 7) is 2.03. The van der Waals surface area contributed by atoms with Gasteiger partial charge in [-0.15, -0.1) is 0 Å². The number of oxime groups is 1. The summed E-state index contributed by atoms with van der Waals surface area (Å²) in [7, 11) is 0. The van der Waals surface area contributed by atoms with E-state index in [1.54, 1.807) is 19.1 Å². The van der Waals surface area contributed by atoms with Crippen LogP contribution in [0.5, 0.6) is 0 Å². The second-order valence-corrected chi connectivity index (χ2v) is 9.53. The molecule has 1 heterocycles. The van der Waals surface area contributed by atoms with Gasteiger partial charge in [0, 0.05) is 18.5 Å². The first-order valence-corrected chi connectivity index (χ1v) is 12.1. The Kier molecular flexibility index (Phi) is 7.79. The van der Waals surface area contributed by atoms with E-state index in [1.807, 2.05) is 30.3 Å². The molecule has 188 valence electrons. The minimum atomic E-state index is -4.43. The van der Waals surface area contributed by atoms with Crippen LogP contribution in [0.4, 0.5) is 13.2 Å². The molecule has 0 bridgehead atoms. The van der Waals surface area contributed by atoms with Crippen LogP contribution in [0.15, 0.2) is 53.7 Å². The second kappa shape index (κ2) is 10.8. The van der Waals surface area contributed by atoms with Crippen molar-refractivity contribution in [2.45, 2.75) is 69.7 Å². The lowest BCUT2D eigenvalue weighted by molar-refractivity contribution is -0.145. The molecule has 3 atom stereocenters. The highest BCUT2D eigenvalue weighted by atomic mass is 19.4. The van der Waals surface area contributed by atoms with Crippen LogP contribution in [0.1, 0.15) is 73.1 Å². The van der Waals surface area contributed by atoms with Gasteiger partial charge in [0.25, 0.3) is 0 Å². The van der Waals surface area contributed by atoms with Gasteiger partial charge in [-0.3, -0.25) is 4.79 Å². The molecule has 0 radical (unpaired) electrons. The van der Waals surface area contributed by atoms with E-state index < -0.39 is 23.6 Å². The highest BCUT2D eigenvalue weighted by Gasteiger charge is 2.43. The average Bonchev–Trinajstić information content (AvgIpc) is 2.81. The Balaban J connectivity index is 1.51. The molecule has 0 amide bonds. The van der Waals surface area contributed by atoms with E-state index in [2.05, 4.69) is 10.5 Å². The van der Waals surface area contributed by atoms with Crippen LogP contribution in [0.2, 0.25) is 0 Å². The smallest absolute Gasteiger partial charge is 0.416 e. The maximum atomic E-state index is 13.8. The molecule has 2 aromatic rings.